The maximum Gasteiger partial charge on any atom is 0.305 e. The van der Waals surface area contributed by atoms with E-state index in [1.807, 2.05) is 0 Å². The lowest BCUT2D eigenvalue weighted by Crippen LogP contribution is -2.45. The maximum absolute atomic E-state index is 12.4. The summed E-state index contributed by atoms with van der Waals surface area (Å²) in [6.07, 6.45) is 64.0. The Kier molecular flexibility index (Phi) is 49.6. The van der Waals surface area contributed by atoms with Gasteiger partial charge in [-0.1, -0.05) is 236 Å². The van der Waals surface area contributed by atoms with Crippen LogP contribution in [0.3, 0.4) is 0 Å². The number of unbranched alkanes of at least 4 members (excludes halogenated alkanes) is 30. The molecule has 0 aromatic rings. The van der Waals surface area contributed by atoms with E-state index in [9.17, 15) is 19.8 Å². The minimum absolute atomic E-state index is 0.0427. The Bertz CT molecular complexity index is 1050. The number of aliphatic hydroxyl groups excluding tert-OH is 2. The van der Waals surface area contributed by atoms with E-state index >= 15 is 0 Å². The highest BCUT2D eigenvalue weighted by molar-refractivity contribution is 5.76. The van der Waals surface area contributed by atoms with E-state index in [1.54, 1.807) is 0 Å². The quantitative estimate of drug-likeness (QED) is 0.0322. The van der Waals surface area contributed by atoms with E-state index in [4.69, 9.17) is 4.74 Å². The van der Waals surface area contributed by atoms with Crippen LogP contribution in [0.5, 0.6) is 0 Å². The van der Waals surface area contributed by atoms with E-state index in [0.717, 1.165) is 64.2 Å². The van der Waals surface area contributed by atoms with Gasteiger partial charge in [0.25, 0.3) is 0 Å². The van der Waals surface area contributed by atoms with Crippen LogP contribution in [0.2, 0.25) is 0 Å². The van der Waals surface area contributed by atoms with Crippen molar-refractivity contribution in [2.45, 2.75) is 283 Å². The molecule has 0 fully saturated rings. The normalized spacial score (nSPS) is 13.0. The molecule has 2 unspecified atom stereocenters. The molecule has 3 N–H and O–H groups in total. The molecule has 0 aliphatic rings. The zero-order valence-electron chi connectivity index (χ0n) is 41.1. The van der Waals surface area contributed by atoms with Crippen molar-refractivity contribution in [1.82, 2.24) is 5.32 Å². The van der Waals surface area contributed by atoms with Gasteiger partial charge in [0, 0.05) is 12.8 Å². The monoisotopic (exact) mass is 870 g/mol. The molecule has 62 heavy (non-hydrogen) atoms. The molecule has 0 bridgehead atoms. The van der Waals surface area contributed by atoms with Gasteiger partial charge in [0.05, 0.1) is 25.4 Å². The Morgan fingerprint density at radius 2 is 0.823 bits per heavy atom. The second kappa shape index (κ2) is 51.5. The summed E-state index contributed by atoms with van der Waals surface area (Å²) in [5, 5.41) is 23.1. The number of hydrogen-bond acceptors (Lipinski definition) is 5. The number of allylic oxidation sites excluding steroid dienone is 7. The number of amides is 1. The van der Waals surface area contributed by atoms with E-state index in [-0.39, 0.29) is 18.5 Å². The van der Waals surface area contributed by atoms with Crippen molar-refractivity contribution in [3.05, 3.63) is 48.6 Å². The Morgan fingerprint density at radius 3 is 1.27 bits per heavy atom. The lowest BCUT2D eigenvalue weighted by Gasteiger charge is -2.22. The van der Waals surface area contributed by atoms with Crippen LogP contribution in [0, 0.1) is 0 Å². The van der Waals surface area contributed by atoms with Crippen molar-refractivity contribution in [3.8, 4) is 0 Å². The highest BCUT2D eigenvalue weighted by atomic mass is 16.5. The van der Waals surface area contributed by atoms with Crippen molar-refractivity contribution in [3.63, 3.8) is 0 Å². The van der Waals surface area contributed by atoms with Crippen LogP contribution in [0.15, 0.2) is 48.6 Å². The summed E-state index contributed by atoms with van der Waals surface area (Å²) in [7, 11) is 0. The Hall–Kier alpha value is -2.18. The lowest BCUT2D eigenvalue weighted by molar-refractivity contribution is -0.143. The molecule has 0 rings (SSSR count). The van der Waals surface area contributed by atoms with Crippen molar-refractivity contribution in [1.29, 1.82) is 0 Å². The minimum Gasteiger partial charge on any atom is -0.465 e. The van der Waals surface area contributed by atoms with Gasteiger partial charge in [0.1, 0.15) is 0 Å². The van der Waals surface area contributed by atoms with Crippen LogP contribution in [0.1, 0.15) is 271 Å². The van der Waals surface area contributed by atoms with Gasteiger partial charge in [-0.05, 0) is 70.6 Å². The van der Waals surface area contributed by atoms with E-state index in [2.05, 4.69) is 67.8 Å². The van der Waals surface area contributed by atoms with Gasteiger partial charge in [-0.15, -0.1) is 0 Å². The molecule has 0 aromatic heterocycles. The second-order valence-corrected chi connectivity index (χ2v) is 18.2. The molecule has 0 spiro atoms. The molecule has 6 heteroatoms. The summed E-state index contributed by atoms with van der Waals surface area (Å²) < 4.78 is 5.40. The van der Waals surface area contributed by atoms with Crippen LogP contribution in [-0.4, -0.2) is 47.4 Å². The highest BCUT2D eigenvalue weighted by Gasteiger charge is 2.20. The molecule has 0 heterocycles. The van der Waals surface area contributed by atoms with Crippen molar-refractivity contribution >= 4 is 11.9 Å². The van der Waals surface area contributed by atoms with Crippen LogP contribution in [-0.2, 0) is 14.3 Å². The fraction of sp³-hybridized carbons (Fsp3) is 0.821. The third kappa shape index (κ3) is 47.3. The van der Waals surface area contributed by atoms with Gasteiger partial charge >= 0.3 is 5.97 Å². The fourth-order valence-electron chi connectivity index (χ4n) is 7.96. The molecule has 0 saturated carbocycles. The topological polar surface area (TPSA) is 95.9 Å². The first kappa shape index (κ1) is 59.8. The lowest BCUT2D eigenvalue weighted by atomic mass is 10.0. The SMILES string of the molecule is CCCC/C=C\C/C=C\CCCCCCCC(=O)OCC/C=C\C/C=C\CCCCCCCCCCCCCCCCC(=O)NC(CO)C(O)CCCCCCCCCCCC. The number of ether oxygens (including phenoxy) is 1. The third-order valence-corrected chi connectivity index (χ3v) is 12.1. The summed E-state index contributed by atoms with van der Waals surface area (Å²) in [6.45, 7) is 4.77. The molecule has 0 aliphatic heterocycles. The van der Waals surface area contributed by atoms with E-state index < -0.39 is 12.1 Å². The Labute approximate surface area is 385 Å². The molecule has 6 nitrogen and oxygen atoms in total. The Balaban J connectivity index is 3.46. The van der Waals surface area contributed by atoms with Gasteiger partial charge < -0.3 is 20.3 Å². The Morgan fingerprint density at radius 1 is 0.452 bits per heavy atom. The number of esters is 1. The molecule has 0 aromatic carbocycles. The number of carbonyl (C=O) groups excluding carboxylic acids is 2. The average molecular weight is 870 g/mol. The summed E-state index contributed by atoms with van der Waals surface area (Å²) in [5.41, 5.74) is 0. The molecule has 362 valence electrons. The highest BCUT2D eigenvalue weighted by Crippen LogP contribution is 2.16. The number of nitrogens with one attached hydrogen (secondary N) is 1. The molecule has 0 radical (unpaired) electrons. The van der Waals surface area contributed by atoms with Crippen LogP contribution < -0.4 is 5.32 Å². The average Bonchev–Trinajstić information content (AvgIpc) is 3.27. The summed E-state index contributed by atoms with van der Waals surface area (Å²) in [6, 6.07) is -0.544. The largest absolute Gasteiger partial charge is 0.465 e. The van der Waals surface area contributed by atoms with E-state index in [0.29, 0.717) is 25.9 Å². The van der Waals surface area contributed by atoms with E-state index in [1.165, 1.54) is 173 Å². The van der Waals surface area contributed by atoms with Crippen LogP contribution >= 0.6 is 0 Å². The predicted octanol–water partition coefficient (Wildman–Crippen LogP) is 16.2. The second-order valence-electron chi connectivity index (χ2n) is 18.2. The number of hydrogen-bond donors (Lipinski definition) is 3. The molecular formula is C56H103NO5. The summed E-state index contributed by atoms with van der Waals surface area (Å²) in [4.78, 5) is 24.4. The molecular weight excluding hydrogens is 767 g/mol. The first-order valence-electron chi connectivity index (χ1n) is 26.9. The standard InChI is InChI=1S/C56H103NO5/c1-3-5-7-9-11-13-15-16-27-30-34-38-42-46-50-56(61)62-51-47-43-39-35-31-28-25-23-21-19-17-18-20-22-24-26-29-33-37-41-45-49-55(60)57-53(52-58)54(59)48-44-40-36-32-14-12-10-8-6-4-2/h9,11,15-16,28,31,39,43,53-54,58-59H,3-8,10,12-14,17-27,29-30,32-38,40-42,44-52H2,1-2H3,(H,57,60)/b11-9-,16-15-,31-28-,43-39-. The minimum atomic E-state index is -0.666. The van der Waals surface area contributed by atoms with Crippen molar-refractivity contribution < 1.29 is 24.5 Å². The number of aliphatic hydroxyl groups is 2. The van der Waals surface area contributed by atoms with Crippen molar-refractivity contribution in [2.75, 3.05) is 13.2 Å². The third-order valence-electron chi connectivity index (χ3n) is 12.1. The van der Waals surface area contributed by atoms with Crippen LogP contribution in [0.25, 0.3) is 0 Å². The molecule has 0 aliphatic carbocycles. The predicted molar refractivity (Wildman–Crippen MR) is 269 cm³/mol. The maximum atomic E-state index is 12.4. The van der Waals surface area contributed by atoms with Crippen LogP contribution in [0.4, 0.5) is 0 Å². The zero-order valence-corrected chi connectivity index (χ0v) is 41.1. The summed E-state index contributed by atoms with van der Waals surface area (Å²) >= 11 is 0. The van der Waals surface area contributed by atoms with Crippen molar-refractivity contribution in [2.24, 2.45) is 0 Å². The summed E-state index contributed by atoms with van der Waals surface area (Å²) in [5.74, 6) is -0.0934. The molecule has 0 saturated heterocycles. The van der Waals surface area contributed by atoms with Gasteiger partial charge in [0.15, 0.2) is 0 Å². The molecule has 2 atom stereocenters. The fourth-order valence-corrected chi connectivity index (χ4v) is 7.96. The first-order valence-corrected chi connectivity index (χ1v) is 26.9. The number of rotatable bonds is 49. The van der Waals surface area contributed by atoms with Gasteiger partial charge in [-0.3, -0.25) is 9.59 Å². The number of carbonyl (C=O) groups is 2. The first-order chi connectivity index (χ1) is 30.5. The smallest absolute Gasteiger partial charge is 0.305 e. The van der Waals surface area contributed by atoms with Gasteiger partial charge in [0.2, 0.25) is 5.91 Å². The molecule has 1 amide bonds. The zero-order chi connectivity index (χ0) is 45.1. The van der Waals surface area contributed by atoms with Gasteiger partial charge in [-0.2, -0.15) is 0 Å². The van der Waals surface area contributed by atoms with Gasteiger partial charge in [-0.25, -0.2) is 0 Å².